The summed E-state index contributed by atoms with van der Waals surface area (Å²) < 4.78 is 1.65. The SMILES string of the molecule is CN(C)c1ccc(-c2cn(-c3cnc4ccccc4n3)nn2)cc1. The zero-order chi connectivity index (χ0) is 16.5. The molecule has 0 saturated heterocycles. The second-order valence-electron chi connectivity index (χ2n) is 5.71. The van der Waals surface area contributed by atoms with Gasteiger partial charge in [-0.3, -0.25) is 4.98 Å². The van der Waals surface area contributed by atoms with Crippen LogP contribution in [0.2, 0.25) is 0 Å². The third kappa shape index (κ3) is 2.58. The molecule has 24 heavy (non-hydrogen) atoms. The third-order valence-electron chi connectivity index (χ3n) is 3.84. The molecule has 0 aliphatic carbocycles. The summed E-state index contributed by atoms with van der Waals surface area (Å²) in [5.41, 5.74) is 4.66. The van der Waals surface area contributed by atoms with Crippen molar-refractivity contribution < 1.29 is 0 Å². The molecule has 0 aliphatic rings. The molecule has 0 amide bonds. The first-order chi connectivity index (χ1) is 11.7. The molecule has 0 unspecified atom stereocenters. The van der Waals surface area contributed by atoms with Crippen molar-refractivity contribution in [3.63, 3.8) is 0 Å². The summed E-state index contributed by atoms with van der Waals surface area (Å²) in [5, 5.41) is 8.43. The van der Waals surface area contributed by atoms with Crippen molar-refractivity contribution in [1.29, 1.82) is 0 Å². The van der Waals surface area contributed by atoms with E-state index in [0.29, 0.717) is 5.82 Å². The van der Waals surface area contributed by atoms with Gasteiger partial charge in [0.2, 0.25) is 0 Å². The van der Waals surface area contributed by atoms with Crippen molar-refractivity contribution in [3.8, 4) is 17.1 Å². The van der Waals surface area contributed by atoms with Crippen molar-refractivity contribution in [3.05, 3.63) is 60.9 Å². The summed E-state index contributed by atoms with van der Waals surface area (Å²) in [4.78, 5) is 11.1. The van der Waals surface area contributed by atoms with E-state index in [4.69, 9.17) is 0 Å². The van der Waals surface area contributed by atoms with Crippen LogP contribution in [0.5, 0.6) is 0 Å². The summed E-state index contributed by atoms with van der Waals surface area (Å²) in [6.45, 7) is 0. The number of benzene rings is 2. The van der Waals surface area contributed by atoms with Gasteiger partial charge >= 0.3 is 0 Å². The number of nitrogens with zero attached hydrogens (tertiary/aromatic N) is 6. The standard InChI is InChI=1S/C18H16N6/c1-23(2)14-9-7-13(8-10-14)17-12-24(22-21-17)18-11-19-15-5-3-4-6-16(15)20-18/h3-12H,1-2H3. The summed E-state index contributed by atoms with van der Waals surface area (Å²) >= 11 is 0. The summed E-state index contributed by atoms with van der Waals surface area (Å²) in [6, 6.07) is 16.0. The highest BCUT2D eigenvalue weighted by molar-refractivity contribution is 5.74. The average Bonchev–Trinajstić information content (AvgIpc) is 3.11. The zero-order valence-electron chi connectivity index (χ0n) is 13.5. The molecule has 4 rings (SSSR count). The first-order valence-corrected chi connectivity index (χ1v) is 7.63. The van der Waals surface area contributed by atoms with Crippen molar-refractivity contribution >= 4 is 16.7 Å². The van der Waals surface area contributed by atoms with Crippen LogP contribution < -0.4 is 4.90 Å². The molecule has 0 bridgehead atoms. The van der Waals surface area contributed by atoms with Gasteiger partial charge in [-0.25, -0.2) is 9.67 Å². The van der Waals surface area contributed by atoms with E-state index in [1.807, 2.05) is 56.7 Å². The van der Waals surface area contributed by atoms with Crippen LogP contribution in [0.25, 0.3) is 28.1 Å². The minimum Gasteiger partial charge on any atom is -0.378 e. The summed E-state index contributed by atoms with van der Waals surface area (Å²) in [6.07, 6.45) is 3.57. The topological polar surface area (TPSA) is 59.7 Å². The minimum atomic E-state index is 0.650. The summed E-state index contributed by atoms with van der Waals surface area (Å²) in [5.74, 6) is 0.650. The lowest BCUT2D eigenvalue weighted by atomic mass is 10.1. The Morgan fingerprint density at radius 3 is 2.42 bits per heavy atom. The highest BCUT2D eigenvalue weighted by Crippen LogP contribution is 2.21. The highest BCUT2D eigenvalue weighted by atomic mass is 15.4. The highest BCUT2D eigenvalue weighted by Gasteiger charge is 2.08. The van der Waals surface area contributed by atoms with Gasteiger partial charge in [-0.1, -0.05) is 29.5 Å². The van der Waals surface area contributed by atoms with Gasteiger partial charge in [0.15, 0.2) is 5.82 Å². The molecule has 0 N–H and O–H groups in total. The molecule has 6 nitrogen and oxygen atoms in total. The van der Waals surface area contributed by atoms with Gasteiger partial charge in [-0.05, 0) is 24.3 Å². The van der Waals surface area contributed by atoms with Gasteiger partial charge in [0.1, 0.15) is 5.69 Å². The molecule has 6 heteroatoms. The lowest BCUT2D eigenvalue weighted by Crippen LogP contribution is -2.07. The number of para-hydroxylation sites is 2. The van der Waals surface area contributed by atoms with E-state index < -0.39 is 0 Å². The molecule has 4 aromatic rings. The lowest BCUT2D eigenvalue weighted by Gasteiger charge is -2.11. The van der Waals surface area contributed by atoms with Crippen LogP contribution in [0.1, 0.15) is 0 Å². The van der Waals surface area contributed by atoms with Crippen LogP contribution in [-0.2, 0) is 0 Å². The van der Waals surface area contributed by atoms with Crippen LogP contribution in [0.4, 0.5) is 5.69 Å². The van der Waals surface area contributed by atoms with Gasteiger partial charge in [0, 0.05) is 25.3 Å². The van der Waals surface area contributed by atoms with Crippen LogP contribution in [0.15, 0.2) is 60.9 Å². The Hall–Kier alpha value is -3.28. The number of aromatic nitrogens is 5. The molecule has 118 valence electrons. The largest absolute Gasteiger partial charge is 0.378 e. The second-order valence-corrected chi connectivity index (χ2v) is 5.71. The van der Waals surface area contributed by atoms with Gasteiger partial charge in [-0.15, -0.1) is 5.10 Å². The third-order valence-corrected chi connectivity index (χ3v) is 3.84. The Kier molecular flexibility index (Phi) is 3.42. The van der Waals surface area contributed by atoms with Gasteiger partial charge in [0.25, 0.3) is 0 Å². The molecule has 0 atom stereocenters. The van der Waals surface area contributed by atoms with Gasteiger partial charge in [-0.2, -0.15) is 0 Å². The van der Waals surface area contributed by atoms with Crippen LogP contribution in [0, 0.1) is 0 Å². The van der Waals surface area contributed by atoms with Crippen molar-refractivity contribution in [2.45, 2.75) is 0 Å². The Morgan fingerprint density at radius 1 is 0.917 bits per heavy atom. The number of rotatable bonds is 3. The molecule has 2 aromatic carbocycles. The van der Waals surface area contributed by atoms with Crippen LogP contribution in [0.3, 0.4) is 0 Å². The van der Waals surface area contributed by atoms with Gasteiger partial charge in [0.05, 0.1) is 23.4 Å². The molecule has 0 radical (unpaired) electrons. The van der Waals surface area contributed by atoms with Crippen molar-refractivity contribution in [1.82, 2.24) is 25.0 Å². The minimum absolute atomic E-state index is 0.650. The van der Waals surface area contributed by atoms with E-state index in [1.165, 1.54) is 0 Å². The van der Waals surface area contributed by atoms with E-state index in [2.05, 4.69) is 37.3 Å². The quantitative estimate of drug-likeness (QED) is 0.581. The molecule has 0 saturated carbocycles. The predicted molar refractivity (Wildman–Crippen MR) is 94.2 cm³/mol. The Morgan fingerprint density at radius 2 is 1.67 bits per heavy atom. The number of anilines is 1. The van der Waals surface area contributed by atoms with E-state index in [-0.39, 0.29) is 0 Å². The van der Waals surface area contributed by atoms with Crippen molar-refractivity contribution in [2.24, 2.45) is 0 Å². The fourth-order valence-electron chi connectivity index (χ4n) is 2.50. The number of hydrogen-bond acceptors (Lipinski definition) is 5. The monoisotopic (exact) mass is 316 g/mol. The van der Waals surface area contributed by atoms with E-state index in [0.717, 1.165) is 28.0 Å². The molecule has 0 fully saturated rings. The molecule has 0 aliphatic heterocycles. The van der Waals surface area contributed by atoms with E-state index in [1.54, 1.807) is 10.9 Å². The summed E-state index contributed by atoms with van der Waals surface area (Å²) in [7, 11) is 4.04. The van der Waals surface area contributed by atoms with Crippen LogP contribution >= 0.6 is 0 Å². The number of hydrogen-bond donors (Lipinski definition) is 0. The zero-order valence-corrected chi connectivity index (χ0v) is 13.5. The van der Waals surface area contributed by atoms with E-state index >= 15 is 0 Å². The average molecular weight is 316 g/mol. The molecule has 2 heterocycles. The Bertz CT molecular complexity index is 988. The Balaban J connectivity index is 1.68. The smallest absolute Gasteiger partial charge is 0.174 e. The maximum absolute atomic E-state index is 4.58. The fraction of sp³-hybridized carbons (Fsp3) is 0.111. The molecular weight excluding hydrogens is 300 g/mol. The lowest BCUT2D eigenvalue weighted by molar-refractivity contribution is 0.781. The predicted octanol–water partition coefficient (Wildman–Crippen LogP) is 2.94. The van der Waals surface area contributed by atoms with Crippen molar-refractivity contribution in [2.75, 3.05) is 19.0 Å². The van der Waals surface area contributed by atoms with Crippen LogP contribution in [-0.4, -0.2) is 39.1 Å². The Labute approximate surface area is 139 Å². The van der Waals surface area contributed by atoms with E-state index in [9.17, 15) is 0 Å². The maximum Gasteiger partial charge on any atom is 0.174 e. The van der Waals surface area contributed by atoms with Gasteiger partial charge < -0.3 is 4.90 Å². The molecule has 2 aromatic heterocycles. The second kappa shape index (κ2) is 5.73. The molecule has 0 spiro atoms. The normalized spacial score (nSPS) is 10.9. The number of fused-ring (bicyclic) bond motifs is 1. The first kappa shape index (κ1) is 14.3. The fourth-order valence-corrected chi connectivity index (χ4v) is 2.50. The molecular formula is C18H16N6. The first-order valence-electron chi connectivity index (χ1n) is 7.63. The maximum atomic E-state index is 4.58.